The number of halogens is 3. The number of rotatable bonds is 3. The number of anilines is 2. The molecule has 32 heavy (non-hydrogen) atoms. The van der Waals surface area contributed by atoms with Gasteiger partial charge in [0.05, 0.1) is 18.5 Å². The van der Waals surface area contributed by atoms with E-state index in [-0.39, 0.29) is 11.7 Å². The third-order valence-electron chi connectivity index (χ3n) is 4.74. The van der Waals surface area contributed by atoms with E-state index in [0.29, 0.717) is 29.1 Å². The lowest BCUT2D eigenvalue weighted by Crippen LogP contribution is -2.28. The molecule has 0 aliphatic carbocycles. The van der Waals surface area contributed by atoms with Crippen LogP contribution in [0.5, 0.6) is 0 Å². The maximum absolute atomic E-state index is 12.8. The summed E-state index contributed by atoms with van der Waals surface area (Å²) in [5, 5.41) is 20.1. The number of benzene rings is 1. The zero-order valence-electron chi connectivity index (χ0n) is 16.3. The van der Waals surface area contributed by atoms with Crippen molar-refractivity contribution in [3.05, 3.63) is 59.4 Å². The van der Waals surface area contributed by atoms with Gasteiger partial charge >= 0.3 is 12.2 Å². The van der Waals surface area contributed by atoms with E-state index in [4.69, 9.17) is 5.73 Å². The zero-order valence-corrected chi connectivity index (χ0v) is 16.3. The van der Waals surface area contributed by atoms with Crippen molar-refractivity contribution in [2.24, 2.45) is 21.7 Å². The molecular weight excluding hydrogens is 425 g/mol. The van der Waals surface area contributed by atoms with Crippen molar-refractivity contribution in [2.45, 2.75) is 6.18 Å². The Bertz CT molecular complexity index is 1190. The van der Waals surface area contributed by atoms with E-state index in [2.05, 4.69) is 31.8 Å². The summed E-state index contributed by atoms with van der Waals surface area (Å²) in [6, 6.07) is 11.3. The van der Waals surface area contributed by atoms with Crippen molar-refractivity contribution < 1.29 is 18.0 Å². The topological polar surface area (TPSA) is 132 Å². The molecule has 0 bridgehead atoms. The number of carbonyl (C=O) groups excluding carboxylic acids is 1. The van der Waals surface area contributed by atoms with Crippen LogP contribution in [0.2, 0.25) is 0 Å². The zero-order chi connectivity index (χ0) is 22.9. The fourth-order valence-electron chi connectivity index (χ4n) is 3.36. The number of carbonyl (C=O) groups is 1. The van der Waals surface area contributed by atoms with Crippen molar-refractivity contribution in [1.82, 2.24) is 9.99 Å². The molecule has 162 valence electrons. The monoisotopic (exact) mass is 440 g/mol. The van der Waals surface area contributed by atoms with Gasteiger partial charge in [-0.1, -0.05) is 18.2 Å². The molecule has 1 atom stereocenters. The second-order valence-corrected chi connectivity index (χ2v) is 6.83. The van der Waals surface area contributed by atoms with Crippen molar-refractivity contribution in [3.8, 4) is 6.07 Å². The first-order valence-electron chi connectivity index (χ1n) is 9.26. The molecule has 1 aromatic carbocycles. The molecule has 0 saturated heterocycles. The number of nitrogens with zero attached hydrogens (tertiary/aromatic N) is 5. The first kappa shape index (κ1) is 20.9. The van der Waals surface area contributed by atoms with Gasteiger partial charge in [-0.2, -0.15) is 23.5 Å². The number of hydrogen-bond donors (Lipinski definition) is 3. The van der Waals surface area contributed by atoms with Gasteiger partial charge in [0.25, 0.3) is 0 Å². The Morgan fingerprint density at radius 2 is 1.94 bits per heavy atom. The van der Waals surface area contributed by atoms with Crippen LogP contribution in [0.4, 0.5) is 29.5 Å². The molecule has 0 fully saturated rings. The molecule has 4 N–H and O–H groups in total. The predicted molar refractivity (Wildman–Crippen MR) is 111 cm³/mol. The minimum atomic E-state index is -4.62. The summed E-state index contributed by atoms with van der Waals surface area (Å²) < 4.78 is 38.3. The van der Waals surface area contributed by atoms with Crippen LogP contribution in [0.1, 0.15) is 11.3 Å². The van der Waals surface area contributed by atoms with Gasteiger partial charge in [0.1, 0.15) is 23.5 Å². The van der Waals surface area contributed by atoms with Gasteiger partial charge in [-0.05, 0) is 29.8 Å². The molecule has 2 aromatic rings. The number of amides is 2. The van der Waals surface area contributed by atoms with Gasteiger partial charge in [0, 0.05) is 11.3 Å². The smallest absolute Gasteiger partial charge is 0.382 e. The van der Waals surface area contributed by atoms with E-state index in [0.717, 1.165) is 12.1 Å². The van der Waals surface area contributed by atoms with E-state index in [1.165, 1.54) is 12.4 Å². The fourth-order valence-corrected chi connectivity index (χ4v) is 3.36. The number of amidine groups is 1. The van der Waals surface area contributed by atoms with Gasteiger partial charge in [0.15, 0.2) is 5.84 Å². The second kappa shape index (κ2) is 8.03. The standard InChI is InChI=1S/C20H15F3N8O/c21-20(22,23)14-2-1-3-15(29-14)30-19(32)28-13-6-4-11(5-7-13)16-12(8-24)9-31-17(16)18(25)26-10-27-31/h1-7,10,12H,9H2,(H2,25,26,27)(H2,28,29,30,32). The largest absolute Gasteiger partial charge is 0.433 e. The maximum Gasteiger partial charge on any atom is 0.433 e. The number of aliphatic imine (C=N–C) groups is 1. The van der Waals surface area contributed by atoms with Crippen LogP contribution in [-0.4, -0.2) is 34.7 Å². The van der Waals surface area contributed by atoms with Crippen LogP contribution in [0.3, 0.4) is 0 Å². The Morgan fingerprint density at radius 1 is 1.19 bits per heavy atom. The molecule has 2 aliphatic rings. The van der Waals surface area contributed by atoms with Crippen molar-refractivity contribution in [2.75, 3.05) is 17.2 Å². The summed E-state index contributed by atoms with van der Waals surface area (Å²) in [5.74, 6) is -0.456. The molecule has 3 heterocycles. The summed E-state index contributed by atoms with van der Waals surface area (Å²) in [5.41, 5.74) is 7.20. The van der Waals surface area contributed by atoms with E-state index >= 15 is 0 Å². The van der Waals surface area contributed by atoms with Crippen LogP contribution < -0.4 is 16.4 Å². The normalized spacial score (nSPS) is 17.5. The van der Waals surface area contributed by atoms with Gasteiger partial charge < -0.3 is 11.1 Å². The molecule has 2 amide bonds. The average Bonchev–Trinajstić information content (AvgIpc) is 3.14. The molecule has 1 unspecified atom stereocenters. The number of nitrogens with one attached hydrogen (secondary N) is 2. The molecule has 9 nitrogen and oxygen atoms in total. The Hall–Kier alpha value is -4.40. The molecule has 0 radical (unpaired) electrons. The highest BCUT2D eigenvalue weighted by atomic mass is 19.4. The summed E-state index contributed by atoms with van der Waals surface area (Å²) >= 11 is 0. The first-order valence-corrected chi connectivity index (χ1v) is 9.26. The van der Waals surface area contributed by atoms with E-state index in [1.54, 1.807) is 29.3 Å². The SMILES string of the molecule is N#CC1CN2N=CN=C(N)C2=C1c1ccc(NC(=O)Nc2cccc(C(F)(F)F)n2)cc1. The van der Waals surface area contributed by atoms with E-state index < -0.39 is 23.8 Å². The number of hydrogen-bond acceptors (Lipinski definition) is 7. The number of alkyl halides is 3. The lowest BCUT2D eigenvalue weighted by atomic mass is 9.94. The molecule has 1 aromatic heterocycles. The molecule has 2 aliphatic heterocycles. The Morgan fingerprint density at radius 3 is 2.62 bits per heavy atom. The van der Waals surface area contributed by atoms with Crippen LogP contribution in [-0.2, 0) is 6.18 Å². The quantitative estimate of drug-likeness (QED) is 0.674. The predicted octanol–water partition coefficient (Wildman–Crippen LogP) is 3.22. The summed E-state index contributed by atoms with van der Waals surface area (Å²) in [6.45, 7) is 0.348. The summed E-state index contributed by atoms with van der Waals surface area (Å²) in [4.78, 5) is 19.5. The number of hydrazone groups is 1. The number of fused-ring (bicyclic) bond motifs is 1. The Balaban J connectivity index is 1.50. The highest BCUT2D eigenvalue weighted by Gasteiger charge is 2.35. The third kappa shape index (κ3) is 4.08. The van der Waals surface area contributed by atoms with Crippen LogP contribution in [0, 0.1) is 17.2 Å². The number of nitriles is 1. The maximum atomic E-state index is 12.8. The van der Waals surface area contributed by atoms with Crippen molar-refractivity contribution in [1.29, 1.82) is 5.26 Å². The van der Waals surface area contributed by atoms with Crippen LogP contribution in [0.25, 0.3) is 5.57 Å². The van der Waals surface area contributed by atoms with E-state index in [1.807, 2.05) is 0 Å². The first-order chi connectivity index (χ1) is 15.3. The molecule has 4 rings (SSSR count). The molecule has 12 heteroatoms. The lowest BCUT2D eigenvalue weighted by Gasteiger charge is -2.18. The van der Waals surface area contributed by atoms with Gasteiger partial charge in [-0.15, -0.1) is 0 Å². The minimum Gasteiger partial charge on any atom is -0.382 e. The van der Waals surface area contributed by atoms with Crippen LogP contribution in [0.15, 0.2) is 58.3 Å². The highest BCUT2D eigenvalue weighted by molar-refractivity contribution is 6.08. The number of nitrogens with two attached hydrogens (primary N) is 1. The summed E-state index contributed by atoms with van der Waals surface area (Å²) in [6.07, 6.45) is -3.30. The van der Waals surface area contributed by atoms with E-state index in [9.17, 15) is 23.2 Å². The molecular formula is C20H15F3N8O. The van der Waals surface area contributed by atoms with Gasteiger partial charge in [0.2, 0.25) is 0 Å². The van der Waals surface area contributed by atoms with Crippen molar-refractivity contribution in [3.63, 3.8) is 0 Å². The highest BCUT2D eigenvalue weighted by Crippen LogP contribution is 2.37. The lowest BCUT2D eigenvalue weighted by molar-refractivity contribution is -0.141. The molecule has 0 saturated carbocycles. The number of pyridine rings is 1. The Kier molecular flexibility index (Phi) is 5.23. The summed E-state index contributed by atoms with van der Waals surface area (Å²) in [7, 11) is 0. The number of urea groups is 1. The molecule has 0 spiro atoms. The second-order valence-electron chi connectivity index (χ2n) is 6.83. The average molecular weight is 440 g/mol. The fraction of sp³-hybridized carbons (Fsp3) is 0.150. The third-order valence-corrected chi connectivity index (χ3v) is 4.74. The van der Waals surface area contributed by atoms with Crippen molar-refractivity contribution >= 4 is 35.3 Å². The minimum absolute atomic E-state index is 0.239. The number of aromatic nitrogens is 1. The van der Waals surface area contributed by atoms with Gasteiger partial charge in [-0.3, -0.25) is 10.3 Å². The van der Waals surface area contributed by atoms with Crippen LogP contribution >= 0.6 is 0 Å². The Labute approximate surface area is 179 Å². The van der Waals surface area contributed by atoms with Gasteiger partial charge in [-0.25, -0.2) is 14.8 Å².